The van der Waals surface area contributed by atoms with Crippen LogP contribution in [0.4, 0.5) is 8.78 Å². The van der Waals surface area contributed by atoms with Gasteiger partial charge in [0.25, 0.3) is 0 Å². The van der Waals surface area contributed by atoms with E-state index in [0.717, 1.165) is 50.9 Å². The van der Waals surface area contributed by atoms with Crippen LogP contribution in [0.3, 0.4) is 0 Å². The van der Waals surface area contributed by atoms with Crippen molar-refractivity contribution in [1.29, 1.82) is 0 Å². The van der Waals surface area contributed by atoms with Gasteiger partial charge in [-0.05, 0) is 56.0 Å². The number of carbonyl (C=O) groups is 1. The van der Waals surface area contributed by atoms with E-state index < -0.39 is 15.8 Å². The number of nitrogens with one attached hydrogen (secondary N) is 1. The maximum absolute atomic E-state index is 13.8. The number of ether oxygens (including phenoxy) is 1. The average Bonchev–Trinajstić information content (AvgIpc) is 2.85. The van der Waals surface area contributed by atoms with Crippen LogP contribution in [0.25, 0.3) is 0 Å². The molecule has 10 heteroatoms. The SMILES string of the molecule is O=C(CNS(=O)(=O)c1cccc(F)c1)N1CCC(N2CCC(Oc3ccccc3F)CC2)CC1. The van der Waals surface area contributed by atoms with Crippen LogP contribution in [0.2, 0.25) is 0 Å². The molecule has 2 fully saturated rings. The predicted molar refractivity (Wildman–Crippen MR) is 123 cm³/mol. The summed E-state index contributed by atoms with van der Waals surface area (Å²) in [6, 6.07) is 11.5. The molecule has 0 radical (unpaired) electrons. The van der Waals surface area contributed by atoms with Crippen LogP contribution in [-0.4, -0.2) is 69.0 Å². The van der Waals surface area contributed by atoms with Crippen LogP contribution in [0.15, 0.2) is 53.4 Å². The Kier molecular flexibility index (Phi) is 7.80. The van der Waals surface area contributed by atoms with E-state index in [9.17, 15) is 22.0 Å². The summed E-state index contributed by atoms with van der Waals surface area (Å²) >= 11 is 0. The fraction of sp³-hybridized carbons (Fsp3) is 0.458. The Bertz CT molecular complexity index is 1100. The second-order valence-electron chi connectivity index (χ2n) is 8.68. The Morgan fingerprint density at radius 1 is 0.971 bits per heavy atom. The lowest BCUT2D eigenvalue weighted by atomic mass is 9.98. The topological polar surface area (TPSA) is 79.0 Å². The molecule has 2 heterocycles. The summed E-state index contributed by atoms with van der Waals surface area (Å²) in [7, 11) is -3.96. The Morgan fingerprint density at radius 2 is 1.68 bits per heavy atom. The molecular formula is C24H29F2N3O4S. The zero-order valence-electron chi connectivity index (χ0n) is 18.8. The molecule has 7 nitrogen and oxygen atoms in total. The first kappa shape index (κ1) is 24.6. The van der Waals surface area contributed by atoms with E-state index in [1.165, 1.54) is 18.2 Å². The number of halogens is 2. The van der Waals surface area contributed by atoms with Crippen molar-refractivity contribution in [2.24, 2.45) is 0 Å². The largest absolute Gasteiger partial charge is 0.487 e. The van der Waals surface area contributed by atoms with Crippen molar-refractivity contribution in [3.05, 3.63) is 60.2 Å². The highest BCUT2D eigenvalue weighted by molar-refractivity contribution is 7.89. The van der Waals surface area contributed by atoms with Gasteiger partial charge in [-0.1, -0.05) is 18.2 Å². The summed E-state index contributed by atoms with van der Waals surface area (Å²) in [5, 5.41) is 0. The third-order valence-corrected chi connectivity index (χ3v) is 7.86. The fourth-order valence-corrected chi connectivity index (χ4v) is 5.55. The number of rotatable bonds is 7. The number of nitrogens with zero attached hydrogens (tertiary/aromatic N) is 2. The summed E-state index contributed by atoms with van der Waals surface area (Å²) in [5.74, 6) is -1.00. The van der Waals surface area contributed by atoms with Gasteiger partial charge in [-0.15, -0.1) is 0 Å². The van der Waals surface area contributed by atoms with E-state index in [4.69, 9.17) is 4.74 Å². The summed E-state index contributed by atoms with van der Waals surface area (Å²) in [5.41, 5.74) is 0. The van der Waals surface area contributed by atoms with Gasteiger partial charge >= 0.3 is 0 Å². The first-order valence-electron chi connectivity index (χ1n) is 11.5. The molecule has 0 atom stereocenters. The van der Waals surface area contributed by atoms with Gasteiger partial charge in [0.15, 0.2) is 11.6 Å². The van der Waals surface area contributed by atoms with Crippen molar-refractivity contribution in [2.45, 2.75) is 42.7 Å². The van der Waals surface area contributed by atoms with Crippen LogP contribution in [0.5, 0.6) is 5.75 Å². The van der Waals surface area contributed by atoms with Gasteiger partial charge in [-0.25, -0.2) is 21.9 Å². The molecule has 1 amide bonds. The van der Waals surface area contributed by atoms with Crippen molar-refractivity contribution in [2.75, 3.05) is 32.7 Å². The maximum atomic E-state index is 13.8. The molecule has 1 N–H and O–H groups in total. The number of para-hydroxylation sites is 1. The molecule has 0 bridgehead atoms. The van der Waals surface area contributed by atoms with Crippen molar-refractivity contribution < 1.29 is 26.7 Å². The number of amides is 1. The highest BCUT2D eigenvalue weighted by Gasteiger charge is 2.30. The smallest absolute Gasteiger partial charge is 0.241 e. The molecule has 0 spiro atoms. The molecule has 2 aliphatic rings. The summed E-state index contributed by atoms with van der Waals surface area (Å²) in [6.45, 7) is 2.45. The Balaban J connectivity index is 1.20. The Morgan fingerprint density at radius 3 is 2.35 bits per heavy atom. The van der Waals surface area contributed by atoms with Gasteiger partial charge in [0, 0.05) is 32.2 Å². The number of carbonyl (C=O) groups excluding carboxylic acids is 1. The lowest BCUT2D eigenvalue weighted by molar-refractivity contribution is -0.131. The molecule has 2 saturated heterocycles. The first-order chi connectivity index (χ1) is 16.3. The van der Waals surface area contributed by atoms with E-state index in [1.807, 2.05) is 0 Å². The zero-order valence-corrected chi connectivity index (χ0v) is 19.6. The van der Waals surface area contributed by atoms with E-state index in [-0.39, 0.29) is 29.3 Å². The lowest BCUT2D eigenvalue weighted by Gasteiger charge is -2.41. The molecule has 0 aliphatic carbocycles. The van der Waals surface area contributed by atoms with Gasteiger partial charge < -0.3 is 9.64 Å². The van der Waals surface area contributed by atoms with Crippen LogP contribution in [0.1, 0.15) is 25.7 Å². The normalized spacial score (nSPS) is 18.7. The number of hydrogen-bond donors (Lipinski definition) is 1. The number of benzene rings is 2. The fourth-order valence-electron chi connectivity index (χ4n) is 4.55. The van der Waals surface area contributed by atoms with Crippen molar-refractivity contribution in [1.82, 2.24) is 14.5 Å². The number of likely N-dealkylation sites (tertiary alicyclic amines) is 2. The average molecular weight is 494 g/mol. The van der Waals surface area contributed by atoms with Crippen LogP contribution in [0, 0.1) is 11.6 Å². The molecule has 0 saturated carbocycles. The highest BCUT2D eigenvalue weighted by Crippen LogP contribution is 2.25. The number of piperidine rings is 2. The van der Waals surface area contributed by atoms with E-state index in [1.54, 1.807) is 23.1 Å². The lowest BCUT2D eigenvalue weighted by Crippen LogP contribution is -2.51. The molecule has 4 rings (SSSR count). The monoisotopic (exact) mass is 493 g/mol. The van der Waals surface area contributed by atoms with E-state index in [0.29, 0.717) is 24.9 Å². The number of hydrogen-bond acceptors (Lipinski definition) is 5. The summed E-state index contributed by atoms with van der Waals surface area (Å²) in [6.07, 6.45) is 3.23. The first-order valence-corrected chi connectivity index (χ1v) is 13.0. The molecule has 34 heavy (non-hydrogen) atoms. The van der Waals surface area contributed by atoms with Crippen LogP contribution < -0.4 is 9.46 Å². The summed E-state index contributed by atoms with van der Waals surface area (Å²) in [4.78, 5) is 16.4. The highest BCUT2D eigenvalue weighted by atomic mass is 32.2. The van der Waals surface area contributed by atoms with Gasteiger partial charge in [-0.3, -0.25) is 9.69 Å². The van der Waals surface area contributed by atoms with Crippen molar-refractivity contribution in [3.8, 4) is 5.75 Å². The Hall–Kier alpha value is -2.56. The molecule has 2 aromatic carbocycles. The van der Waals surface area contributed by atoms with Gasteiger partial charge in [0.2, 0.25) is 15.9 Å². The molecule has 2 aliphatic heterocycles. The quantitative estimate of drug-likeness (QED) is 0.642. The minimum absolute atomic E-state index is 0.0130. The molecular weight excluding hydrogens is 464 g/mol. The molecule has 184 valence electrons. The minimum atomic E-state index is -3.96. The van der Waals surface area contributed by atoms with E-state index >= 15 is 0 Å². The molecule has 0 aromatic heterocycles. The second-order valence-corrected chi connectivity index (χ2v) is 10.4. The van der Waals surface area contributed by atoms with Crippen LogP contribution in [-0.2, 0) is 14.8 Å². The second kappa shape index (κ2) is 10.8. The van der Waals surface area contributed by atoms with Gasteiger partial charge in [0.1, 0.15) is 11.9 Å². The molecule has 2 aromatic rings. The van der Waals surface area contributed by atoms with Gasteiger partial charge in [-0.2, -0.15) is 0 Å². The third kappa shape index (κ3) is 6.11. The standard InChI is InChI=1S/C24H29F2N3O4S/c25-18-4-3-5-21(16-18)34(31,32)27-17-24(30)29-12-8-19(9-13-29)28-14-10-20(11-15-28)33-23-7-2-1-6-22(23)26/h1-7,16,19-20,27H,8-15,17H2. The van der Waals surface area contributed by atoms with E-state index in [2.05, 4.69) is 9.62 Å². The Labute approximate surface area is 198 Å². The maximum Gasteiger partial charge on any atom is 0.241 e. The summed E-state index contributed by atoms with van der Waals surface area (Å²) < 4.78 is 59.8. The van der Waals surface area contributed by atoms with Gasteiger partial charge in [0.05, 0.1) is 11.4 Å². The minimum Gasteiger partial charge on any atom is -0.487 e. The van der Waals surface area contributed by atoms with Crippen molar-refractivity contribution >= 4 is 15.9 Å². The third-order valence-electron chi connectivity index (χ3n) is 6.46. The predicted octanol–water partition coefficient (Wildman–Crippen LogP) is 2.78. The van der Waals surface area contributed by atoms with Crippen molar-refractivity contribution in [3.63, 3.8) is 0 Å². The number of sulfonamides is 1. The zero-order chi connectivity index (χ0) is 24.1. The van der Waals surface area contributed by atoms with Crippen LogP contribution >= 0.6 is 0 Å². The molecule has 0 unspecified atom stereocenters.